The lowest BCUT2D eigenvalue weighted by atomic mass is 10.1. The molecule has 2 aromatic heterocycles. The standard InChI is InChI=1S/C9H8N2O4/c1-14-4-6-7-5(9(12)13)2-3-10-8(7)15-11-6/h2-3H,4H2,1H3,(H,12,13). The highest BCUT2D eigenvalue weighted by atomic mass is 16.5. The van der Waals surface area contributed by atoms with Gasteiger partial charge in [-0.15, -0.1) is 0 Å². The summed E-state index contributed by atoms with van der Waals surface area (Å²) in [6.45, 7) is 0.193. The van der Waals surface area contributed by atoms with Crippen molar-refractivity contribution >= 4 is 17.1 Å². The van der Waals surface area contributed by atoms with Gasteiger partial charge in [-0.2, -0.15) is 0 Å². The second-order valence-corrected chi connectivity index (χ2v) is 2.91. The molecule has 0 aliphatic heterocycles. The smallest absolute Gasteiger partial charge is 0.336 e. The van der Waals surface area contributed by atoms with Crippen molar-refractivity contribution in [2.75, 3.05) is 7.11 Å². The number of hydrogen-bond donors (Lipinski definition) is 1. The van der Waals surface area contributed by atoms with Gasteiger partial charge in [0.2, 0.25) is 0 Å². The molecule has 0 amide bonds. The molecule has 2 aromatic rings. The Kier molecular flexibility index (Phi) is 2.34. The largest absolute Gasteiger partial charge is 0.478 e. The predicted octanol–water partition coefficient (Wildman–Crippen LogP) is 1.07. The molecule has 15 heavy (non-hydrogen) atoms. The van der Waals surface area contributed by atoms with Crippen LogP contribution in [0.3, 0.4) is 0 Å². The minimum atomic E-state index is -1.04. The van der Waals surface area contributed by atoms with Crippen molar-refractivity contribution in [1.82, 2.24) is 10.1 Å². The summed E-state index contributed by atoms with van der Waals surface area (Å²) in [6.07, 6.45) is 1.37. The molecule has 0 spiro atoms. The van der Waals surface area contributed by atoms with E-state index in [1.165, 1.54) is 19.4 Å². The third-order valence-corrected chi connectivity index (χ3v) is 1.96. The van der Waals surface area contributed by atoms with Gasteiger partial charge in [-0.05, 0) is 6.07 Å². The van der Waals surface area contributed by atoms with Gasteiger partial charge in [0.15, 0.2) is 0 Å². The van der Waals surface area contributed by atoms with Crippen LogP contribution in [0.2, 0.25) is 0 Å². The van der Waals surface area contributed by atoms with Crippen LogP contribution >= 0.6 is 0 Å². The second kappa shape index (κ2) is 3.66. The van der Waals surface area contributed by atoms with Crippen molar-refractivity contribution in [3.05, 3.63) is 23.5 Å². The number of aromatic nitrogens is 2. The Morgan fingerprint density at radius 2 is 2.47 bits per heavy atom. The summed E-state index contributed by atoms with van der Waals surface area (Å²) in [5, 5.41) is 13.1. The van der Waals surface area contributed by atoms with Crippen molar-refractivity contribution in [1.29, 1.82) is 0 Å². The molecule has 0 radical (unpaired) electrons. The number of hydrogen-bond acceptors (Lipinski definition) is 5. The van der Waals surface area contributed by atoms with Crippen LogP contribution in [0.25, 0.3) is 11.1 Å². The fourth-order valence-electron chi connectivity index (χ4n) is 1.35. The van der Waals surface area contributed by atoms with Crippen molar-refractivity contribution in [2.45, 2.75) is 6.61 Å². The highest BCUT2D eigenvalue weighted by Crippen LogP contribution is 2.21. The van der Waals surface area contributed by atoms with Gasteiger partial charge in [-0.3, -0.25) is 0 Å². The maximum Gasteiger partial charge on any atom is 0.336 e. The molecule has 6 nitrogen and oxygen atoms in total. The van der Waals surface area contributed by atoms with Gasteiger partial charge in [0.05, 0.1) is 17.6 Å². The van der Waals surface area contributed by atoms with Gasteiger partial charge in [-0.25, -0.2) is 9.78 Å². The molecule has 0 unspecified atom stereocenters. The van der Waals surface area contributed by atoms with E-state index in [4.69, 9.17) is 14.4 Å². The van der Waals surface area contributed by atoms with Crippen molar-refractivity contribution < 1.29 is 19.2 Å². The highest BCUT2D eigenvalue weighted by molar-refractivity contribution is 6.01. The van der Waals surface area contributed by atoms with Crippen LogP contribution in [0.4, 0.5) is 0 Å². The Labute approximate surface area is 84.5 Å². The van der Waals surface area contributed by atoms with Gasteiger partial charge in [-0.1, -0.05) is 5.16 Å². The molecule has 0 aliphatic carbocycles. The van der Waals surface area contributed by atoms with Crippen LogP contribution < -0.4 is 0 Å². The van der Waals surface area contributed by atoms with E-state index in [0.29, 0.717) is 11.1 Å². The third kappa shape index (κ3) is 1.55. The van der Waals surface area contributed by atoms with Gasteiger partial charge in [0, 0.05) is 13.3 Å². The van der Waals surface area contributed by atoms with Crippen LogP contribution in [-0.2, 0) is 11.3 Å². The molecule has 0 saturated carbocycles. The van der Waals surface area contributed by atoms with Crippen LogP contribution in [0, 0.1) is 0 Å². The Hall–Kier alpha value is -1.95. The lowest BCUT2D eigenvalue weighted by Gasteiger charge is -1.97. The van der Waals surface area contributed by atoms with E-state index in [9.17, 15) is 4.79 Å². The van der Waals surface area contributed by atoms with Crippen molar-refractivity contribution in [3.63, 3.8) is 0 Å². The van der Waals surface area contributed by atoms with E-state index in [-0.39, 0.29) is 17.9 Å². The first-order chi connectivity index (χ1) is 7.24. The van der Waals surface area contributed by atoms with Gasteiger partial charge < -0.3 is 14.4 Å². The van der Waals surface area contributed by atoms with E-state index in [2.05, 4.69) is 10.1 Å². The summed E-state index contributed by atoms with van der Waals surface area (Å²) in [4.78, 5) is 14.8. The Balaban J connectivity index is 2.69. The minimum absolute atomic E-state index is 0.119. The Bertz CT molecular complexity index is 506. The predicted molar refractivity (Wildman–Crippen MR) is 49.5 cm³/mol. The van der Waals surface area contributed by atoms with Gasteiger partial charge in [0.25, 0.3) is 5.71 Å². The van der Waals surface area contributed by atoms with Crippen LogP contribution in [-0.4, -0.2) is 28.3 Å². The molecule has 0 aliphatic rings. The molecule has 1 N–H and O–H groups in total. The zero-order valence-electron chi connectivity index (χ0n) is 7.93. The SMILES string of the molecule is COCc1noc2nccc(C(=O)O)c12. The number of aromatic carboxylic acids is 1. The fourth-order valence-corrected chi connectivity index (χ4v) is 1.35. The molecule has 2 rings (SSSR count). The fraction of sp³-hybridized carbons (Fsp3) is 0.222. The molecule has 0 saturated heterocycles. The molecule has 0 bridgehead atoms. The number of pyridine rings is 1. The topological polar surface area (TPSA) is 85.5 Å². The average molecular weight is 208 g/mol. The van der Waals surface area contributed by atoms with Gasteiger partial charge in [0.1, 0.15) is 5.69 Å². The molecule has 0 aromatic carbocycles. The summed E-state index contributed by atoms with van der Waals surface area (Å²) < 4.78 is 9.77. The molecular weight excluding hydrogens is 200 g/mol. The van der Waals surface area contributed by atoms with E-state index >= 15 is 0 Å². The number of carboxylic acids is 1. The maximum atomic E-state index is 10.9. The van der Waals surface area contributed by atoms with E-state index in [0.717, 1.165) is 0 Å². The summed E-state index contributed by atoms with van der Waals surface area (Å²) in [6, 6.07) is 1.40. The summed E-state index contributed by atoms with van der Waals surface area (Å²) in [5.41, 5.74) is 0.772. The van der Waals surface area contributed by atoms with Crippen LogP contribution in [0.15, 0.2) is 16.8 Å². The lowest BCUT2D eigenvalue weighted by molar-refractivity contribution is 0.0698. The highest BCUT2D eigenvalue weighted by Gasteiger charge is 2.17. The average Bonchev–Trinajstić information content (AvgIpc) is 2.62. The van der Waals surface area contributed by atoms with Crippen LogP contribution in [0.1, 0.15) is 16.1 Å². The monoisotopic (exact) mass is 208 g/mol. The molecular formula is C9H8N2O4. The zero-order chi connectivity index (χ0) is 10.8. The summed E-state index contributed by atoms with van der Waals surface area (Å²) >= 11 is 0. The first-order valence-corrected chi connectivity index (χ1v) is 4.19. The first kappa shape index (κ1) is 9.60. The number of nitrogens with zero attached hydrogens (tertiary/aromatic N) is 2. The number of methoxy groups -OCH3 is 1. The number of rotatable bonds is 3. The zero-order valence-corrected chi connectivity index (χ0v) is 7.93. The summed E-state index contributed by atoms with van der Waals surface area (Å²) in [7, 11) is 1.50. The second-order valence-electron chi connectivity index (χ2n) is 2.91. The molecule has 6 heteroatoms. The lowest BCUT2D eigenvalue weighted by Crippen LogP contribution is -1.99. The Morgan fingerprint density at radius 1 is 1.67 bits per heavy atom. The molecule has 0 fully saturated rings. The van der Waals surface area contributed by atoms with E-state index in [1.807, 2.05) is 0 Å². The molecule has 78 valence electrons. The minimum Gasteiger partial charge on any atom is -0.478 e. The maximum absolute atomic E-state index is 10.9. The molecule has 0 atom stereocenters. The van der Waals surface area contributed by atoms with E-state index < -0.39 is 5.97 Å². The van der Waals surface area contributed by atoms with Gasteiger partial charge >= 0.3 is 5.97 Å². The normalized spacial score (nSPS) is 10.7. The number of carboxylic acid groups (broad SMARTS) is 1. The molecule has 2 heterocycles. The van der Waals surface area contributed by atoms with Crippen LogP contribution in [0.5, 0.6) is 0 Å². The van der Waals surface area contributed by atoms with Crippen molar-refractivity contribution in [3.8, 4) is 0 Å². The number of ether oxygens (including phenoxy) is 1. The number of carbonyl (C=O) groups is 1. The number of fused-ring (bicyclic) bond motifs is 1. The summed E-state index contributed by atoms with van der Waals surface area (Å²) in [5.74, 6) is -1.04. The van der Waals surface area contributed by atoms with Crippen molar-refractivity contribution in [2.24, 2.45) is 0 Å². The first-order valence-electron chi connectivity index (χ1n) is 4.19. The third-order valence-electron chi connectivity index (χ3n) is 1.96. The quantitative estimate of drug-likeness (QED) is 0.811. The Morgan fingerprint density at radius 3 is 3.13 bits per heavy atom. The van der Waals surface area contributed by atoms with E-state index in [1.54, 1.807) is 0 Å².